The highest BCUT2D eigenvalue weighted by atomic mass is 16.5. The normalized spacial score (nSPS) is 22.0. The van der Waals surface area contributed by atoms with Crippen LogP contribution in [0.25, 0.3) is 0 Å². The number of carbonyl (C=O) groups excluding carboxylic acids is 1. The highest BCUT2D eigenvalue weighted by Gasteiger charge is 2.25. The van der Waals surface area contributed by atoms with Crippen molar-refractivity contribution in [3.63, 3.8) is 0 Å². The summed E-state index contributed by atoms with van der Waals surface area (Å²) in [5.74, 6) is -0.0839. The molecule has 3 atom stereocenters. The van der Waals surface area contributed by atoms with E-state index in [4.69, 9.17) is 4.74 Å². The number of rotatable bonds is 5. The number of hydrogen-bond acceptors (Lipinski definition) is 3. The fraction of sp³-hybridized carbons (Fsp3) is 0.562. The average Bonchev–Trinajstić information content (AvgIpc) is 2.49. The number of aliphatic hydroxyl groups is 1. The Morgan fingerprint density at radius 3 is 2.85 bits per heavy atom. The van der Waals surface area contributed by atoms with Crippen LogP contribution in [-0.2, 0) is 16.0 Å². The lowest BCUT2D eigenvalue weighted by Crippen LogP contribution is -2.46. The van der Waals surface area contributed by atoms with E-state index in [0.29, 0.717) is 13.0 Å². The van der Waals surface area contributed by atoms with Crippen molar-refractivity contribution in [2.24, 2.45) is 5.92 Å². The first-order valence-corrected chi connectivity index (χ1v) is 7.27. The van der Waals surface area contributed by atoms with E-state index in [1.54, 1.807) is 0 Å². The summed E-state index contributed by atoms with van der Waals surface area (Å²) in [7, 11) is 0. The van der Waals surface area contributed by atoms with Crippen LogP contribution in [0.2, 0.25) is 0 Å². The summed E-state index contributed by atoms with van der Waals surface area (Å²) in [6.07, 6.45) is 1.77. The number of carbonyl (C=O) groups is 1. The zero-order valence-corrected chi connectivity index (χ0v) is 11.9. The van der Waals surface area contributed by atoms with Crippen LogP contribution in [-0.4, -0.2) is 36.4 Å². The molecule has 20 heavy (non-hydrogen) atoms. The van der Waals surface area contributed by atoms with Gasteiger partial charge in [-0.1, -0.05) is 30.3 Å². The topological polar surface area (TPSA) is 58.6 Å². The average molecular weight is 277 g/mol. The van der Waals surface area contributed by atoms with Crippen LogP contribution < -0.4 is 5.32 Å². The minimum Gasteiger partial charge on any atom is -0.391 e. The van der Waals surface area contributed by atoms with E-state index in [0.717, 1.165) is 25.0 Å². The van der Waals surface area contributed by atoms with Gasteiger partial charge in [0, 0.05) is 13.0 Å². The monoisotopic (exact) mass is 277 g/mol. The highest BCUT2D eigenvalue weighted by Crippen LogP contribution is 2.14. The zero-order chi connectivity index (χ0) is 14.4. The molecule has 0 radical (unpaired) electrons. The summed E-state index contributed by atoms with van der Waals surface area (Å²) in [4.78, 5) is 12.1. The summed E-state index contributed by atoms with van der Waals surface area (Å²) in [6, 6.07) is 9.54. The molecule has 4 nitrogen and oxygen atoms in total. The van der Waals surface area contributed by atoms with Gasteiger partial charge in [0.15, 0.2) is 0 Å². The lowest BCUT2D eigenvalue weighted by Gasteiger charge is -2.25. The van der Waals surface area contributed by atoms with Crippen molar-refractivity contribution in [3.05, 3.63) is 35.9 Å². The van der Waals surface area contributed by atoms with Crippen molar-refractivity contribution >= 4 is 5.91 Å². The Morgan fingerprint density at radius 1 is 1.45 bits per heavy atom. The van der Waals surface area contributed by atoms with Crippen LogP contribution in [0.1, 0.15) is 25.3 Å². The molecule has 1 aliphatic heterocycles. The van der Waals surface area contributed by atoms with Crippen molar-refractivity contribution in [2.45, 2.75) is 38.3 Å². The largest absolute Gasteiger partial charge is 0.391 e. The number of benzene rings is 1. The summed E-state index contributed by atoms with van der Waals surface area (Å²) in [5, 5.41) is 13.1. The molecule has 0 bridgehead atoms. The van der Waals surface area contributed by atoms with Crippen LogP contribution in [0.15, 0.2) is 30.3 Å². The number of hydrogen-bond donors (Lipinski definition) is 2. The molecule has 0 saturated carbocycles. The molecule has 3 unspecified atom stereocenters. The van der Waals surface area contributed by atoms with Crippen molar-refractivity contribution < 1.29 is 14.6 Å². The minimum absolute atomic E-state index is 0.00990. The first-order chi connectivity index (χ1) is 9.66. The van der Waals surface area contributed by atoms with Gasteiger partial charge in [-0.15, -0.1) is 0 Å². The standard InChI is InChI=1S/C16H23NO3/c1-12(15(18)10-13-6-3-2-4-7-13)17-16(19)14-8-5-9-20-11-14/h2-4,6-7,12,14-15,18H,5,8-11H2,1H3,(H,17,19). The Morgan fingerprint density at radius 2 is 2.20 bits per heavy atom. The van der Waals surface area contributed by atoms with E-state index in [9.17, 15) is 9.90 Å². The first kappa shape index (κ1) is 15.0. The molecule has 110 valence electrons. The smallest absolute Gasteiger partial charge is 0.225 e. The quantitative estimate of drug-likeness (QED) is 0.858. The van der Waals surface area contributed by atoms with Gasteiger partial charge in [-0.05, 0) is 25.3 Å². The first-order valence-electron chi connectivity index (χ1n) is 7.27. The molecule has 1 aromatic carbocycles. The Labute approximate surface area is 120 Å². The minimum atomic E-state index is -0.578. The highest BCUT2D eigenvalue weighted by molar-refractivity contribution is 5.79. The maximum absolute atomic E-state index is 12.1. The lowest BCUT2D eigenvalue weighted by atomic mass is 9.99. The molecule has 4 heteroatoms. The SMILES string of the molecule is CC(NC(=O)C1CCCOC1)C(O)Cc1ccccc1. The summed E-state index contributed by atoms with van der Waals surface area (Å²) >= 11 is 0. The third kappa shape index (κ3) is 4.32. The predicted molar refractivity (Wildman–Crippen MR) is 77.3 cm³/mol. The second-order valence-electron chi connectivity index (χ2n) is 5.47. The zero-order valence-electron chi connectivity index (χ0n) is 11.9. The molecule has 2 rings (SSSR count). The summed E-state index contributed by atoms with van der Waals surface area (Å²) in [5.41, 5.74) is 1.07. The van der Waals surface area contributed by atoms with Gasteiger partial charge in [0.25, 0.3) is 0 Å². The van der Waals surface area contributed by atoms with Crippen LogP contribution in [0.3, 0.4) is 0 Å². The molecule has 0 spiro atoms. The van der Waals surface area contributed by atoms with Crippen molar-refractivity contribution in [2.75, 3.05) is 13.2 Å². The van der Waals surface area contributed by atoms with Crippen LogP contribution in [0.4, 0.5) is 0 Å². The predicted octanol–water partition coefficient (Wildman–Crippen LogP) is 1.52. The van der Waals surface area contributed by atoms with Gasteiger partial charge in [0.1, 0.15) is 0 Å². The van der Waals surface area contributed by atoms with Crippen molar-refractivity contribution in [1.82, 2.24) is 5.32 Å². The fourth-order valence-corrected chi connectivity index (χ4v) is 2.42. The molecule has 1 heterocycles. The van der Waals surface area contributed by atoms with Gasteiger partial charge in [0.2, 0.25) is 5.91 Å². The van der Waals surface area contributed by atoms with E-state index in [-0.39, 0.29) is 17.9 Å². The lowest BCUT2D eigenvalue weighted by molar-refractivity contribution is -0.130. The van der Waals surface area contributed by atoms with Gasteiger partial charge in [-0.3, -0.25) is 4.79 Å². The fourth-order valence-electron chi connectivity index (χ4n) is 2.42. The van der Waals surface area contributed by atoms with Gasteiger partial charge in [0.05, 0.1) is 24.7 Å². The van der Waals surface area contributed by atoms with Gasteiger partial charge in [-0.25, -0.2) is 0 Å². The van der Waals surface area contributed by atoms with E-state index in [1.807, 2.05) is 37.3 Å². The van der Waals surface area contributed by atoms with Crippen LogP contribution >= 0.6 is 0 Å². The molecule has 2 N–H and O–H groups in total. The van der Waals surface area contributed by atoms with Crippen molar-refractivity contribution in [1.29, 1.82) is 0 Å². The number of ether oxygens (including phenoxy) is 1. The van der Waals surface area contributed by atoms with Crippen LogP contribution in [0.5, 0.6) is 0 Å². The third-order valence-electron chi connectivity index (χ3n) is 3.77. The molecule has 1 aliphatic rings. The third-order valence-corrected chi connectivity index (χ3v) is 3.77. The van der Waals surface area contributed by atoms with Gasteiger partial charge < -0.3 is 15.2 Å². The molecule has 1 saturated heterocycles. The Balaban J connectivity index is 1.81. The number of amides is 1. The second-order valence-corrected chi connectivity index (χ2v) is 5.47. The van der Waals surface area contributed by atoms with Crippen molar-refractivity contribution in [3.8, 4) is 0 Å². The summed E-state index contributed by atoms with van der Waals surface area (Å²) < 4.78 is 5.32. The Bertz CT molecular complexity index is 415. The Kier molecular flexibility index (Phi) is 5.56. The maximum Gasteiger partial charge on any atom is 0.225 e. The number of nitrogens with one attached hydrogen (secondary N) is 1. The summed E-state index contributed by atoms with van der Waals surface area (Å²) in [6.45, 7) is 3.08. The molecule has 0 aliphatic carbocycles. The van der Waals surface area contributed by atoms with E-state index >= 15 is 0 Å². The number of aliphatic hydroxyl groups excluding tert-OH is 1. The van der Waals surface area contributed by atoms with Crippen LogP contribution in [0, 0.1) is 5.92 Å². The molecule has 1 fully saturated rings. The van der Waals surface area contributed by atoms with Gasteiger partial charge >= 0.3 is 0 Å². The molecular formula is C16H23NO3. The molecule has 1 aromatic rings. The maximum atomic E-state index is 12.1. The van der Waals surface area contributed by atoms with E-state index < -0.39 is 6.10 Å². The van der Waals surface area contributed by atoms with E-state index in [1.165, 1.54) is 0 Å². The van der Waals surface area contributed by atoms with Gasteiger partial charge in [-0.2, -0.15) is 0 Å². The van der Waals surface area contributed by atoms with E-state index in [2.05, 4.69) is 5.32 Å². The molecular weight excluding hydrogens is 254 g/mol. The Hall–Kier alpha value is -1.39. The molecule has 0 aromatic heterocycles. The second kappa shape index (κ2) is 7.41. The molecule has 1 amide bonds.